The molecule has 3 N–H and O–H groups in total. The van der Waals surface area contributed by atoms with Crippen LogP contribution < -0.4 is 11.1 Å². The van der Waals surface area contributed by atoms with Crippen LogP contribution in [-0.2, 0) is 4.74 Å². The van der Waals surface area contributed by atoms with E-state index in [1.807, 2.05) is 17.8 Å². The molecule has 0 aromatic heterocycles. The largest absolute Gasteiger partial charge is 0.462 e. The number of anilines is 2. The van der Waals surface area contributed by atoms with Crippen LogP contribution in [0.2, 0.25) is 0 Å². The van der Waals surface area contributed by atoms with E-state index in [2.05, 4.69) is 11.6 Å². The first kappa shape index (κ1) is 15.0. The molecule has 1 aliphatic rings. The number of benzene rings is 1. The molecular weight excluding hydrogens is 272 g/mol. The summed E-state index contributed by atoms with van der Waals surface area (Å²) in [6.45, 7) is 2.16. The van der Waals surface area contributed by atoms with Crippen LogP contribution in [-0.4, -0.2) is 30.1 Å². The zero-order valence-corrected chi connectivity index (χ0v) is 12.8. The summed E-state index contributed by atoms with van der Waals surface area (Å²) in [6.07, 6.45) is 5.83. The average Bonchev–Trinajstić information content (AvgIpc) is 2.88. The van der Waals surface area contributed by atoms with Crippen LogP contribution in [0.4, 0.5) is 11.4 Å². The summed E-state index contributed by atoms with van der Waals surface area (Å²) in [7, 11) is 0. The van der Waals surface area contributed by atoms with Crippen LogP contribution >= 0.6 is 11.8 Å². The monoisotopic (exact) mass is 294 g/mol. The molecule has 1 saturated carbocycles. The van der Waals surface area contributed by atoms with Crippen molar-refractivity contribution in [1.82, 2.24) is 0 Å². The summed E-state index contributed by atoms with van der Waals surface area (Å²) < 4.78 is 4.97. The highest BCUT2D eigenvalue weighted by Gasteiger charge is 2.26. The van der Waals surface area contributed by atoms with Crippen molar-refractivity contribution in [1.29, 1.82) is 0 Å². The van der Waals surface area contributed by atoms with Gasteiger partial charge in [-0.1, -0.05) is 6.42 Å². The lowest BCUT2D eigenvalue weighted by atomic mass is 10.1. The van der Waals surface area contributed by atoms with Crippen LogP contribution in [0.1, 0.15) is 36.5 Å². The molecule has 1 aliphatic carbocycles. The maximum atomic E-state index is 11.6. The topological polar surface area (TPSA) is 64.3 Å². The van der Waals surface area contributed by atoms with Gasteiger partial charge >= 0.3 is 5.97 Å². The minimum atomic E-state index is -0.325. The lowest BCUT2D eigenvalue weighted by molar-refractivity contribution is 0.0526. The highest BCUT2D eigenvalue weighted by atomic mass is 32.2. The fourth-order valence-electron chi connectivity index (χ4n) is 2.61. The van der Waals surface area contributed by atoms with E-state index in [9.17, 15) is 4.79 Å². The quantitative estimate of drug-likeness (QED) is 0.645. The SMILES string of the molecule is CCOC(=O)c1ccc(NC2CCCC2SC)c(N)c1. The third-order valence-corrected chi connectivity index (χ3v) is 4.83. The molecule has 2 rings (SSSR count). The van der Waals surface area contributed by atoms with Crippen molar-refractivity contribution in [3.63, 3.8) is 0 Å². The van der Waals surface area contributed by atoms with E-state index in [0.29, 0.717) is 29.1 Å². The van der Waals surface area contributed by atoms with Crippen molar-refractivity contribution in [2.45, 2.75) is 37.5 Å². The molecule has 20 heavy (non-hydrogen) atoms. The highest BCUT2D eigenvalue weighted by Crippen LogP contribution is 2.32. The Morgan fingerprint density at radius 2 is 2.30 bits per heavy atom. The Morgan fingerprint density at radius 1 is 1.50 bits per heavy atom. The van der Waals surface area contributed by atoms with Crippen LogP contribution in [0.5, 0.6) is 0 Å². The number of ether oxygens (including phenoxy) is 1. The normalized spacial score (nSPS) is 21.7. The molecule has 1 aromatic carbocycles. The molecule has 110 valence electrons. The highest BCUT2D eigenvalue weighted by molar-refractivity contribution is 7.99. The Morgan fingerprint density at radius 3 is 2.95 bits per heavy atom. The van der Waals surface area contributed by atoms with Crippen molar-refractivity contribution in [3.8, 4) is 0 Å². The molecule has 0 saturated heterocycles. The zero-order chi connectivity index (χ0) is 14.5. The molecule has 0 spiro atoms. The van der Waals surface area contributed by atoms with Gasteiger partial charge in [0.1, 0.15) is 0 Å². The Balaban J connectivity index is 2.08. The van der Waals surface area contributed by atoms with Gasteiger partial charge in [-0.15, -0.1) is 0 Å². The Hall–Kier alpha value is -1.36. The number of carbonyl (C=O) groups excluding carboxylic acids is 1. The van der Waals surface area contributed by atoms with E-state index < -0.39 is 0 Å². The van der Waals surface area contributed by atoms with Gasteiger partial charge in [0.2, 0.25) is 0 Å². The van der Waals surface area contributed by atoms with Crippen molar-refractivity contribution in [3.05, 3.63) is 23.8 Å². The number of carbonyl (C=O) groups is 1. The van der Waals surface area contributed by atoms with E-state index in [1.54, 1.807) is 19.1 Å². The molecule has 5 heteroatoms. The van der Waals surface area contributed by atoms with Crippen molar-refractivity contribution in [2.24, 2.45) is 0 Å². The fraction of sp³-hybridized carbons (Fsp3) is 0.533. The first-order valence-electron chi connectivity index (χ1n) is 7.01. The molecular formula is C15H22N2O2S. The summed E-state index contributed by atoms with van der Waals surface area (Å²) in [5, 5.41) is 4.15. The Labute approximate surface area is 124 Å². The van der Waals surface area contributed by atoms with E-state index in [4.69, 9.17) is 10.5 Å². The molecule has 0 heterocycles. The van der Waals surface area contributed by atoms with Crippen LogP contribution in [0.15, 0.2) is 18.2 Å². The number of hydrogen-bond acceptors (Lipinski definition) is 5. The first-order valence-corrected chi connectivity index (χ1v) is 8.30. The number of nitrogens with two attached hydrogens (primary N) is 1. The molecule has 2 atom stereocenters. The standard InChI is InChI=1S/C15H22N2O2S/c1-3-19-15(18)10-7-8-12(11(16)9-10)17-13-5-4-6-14(13)20-2/h7-9,13-14,17H,3-6,16H2,1-2H3. The number of thioether (sulfide) groups is 1. The van der Waals surface area contributed by atoms with Gasteiger partial charge in [0.05, 0.1) is 23.5 Å². The number of esters is 1. The zero-order valence-electron chi connectivity index (χ0n) is 12.0. The maximum Gasteiger partial charge on any atom is 0.338 e. The number of nitrogens with one attached hydrogen (secondary N) is 1. The van der Waals surface area contributed by atoms with Gasteiger partial charge in [0.25, 0.3) is 0 Å². The van der Waals surface area contributed by atoms with E-state index >= 15 is 0 Å². The maximum absolute atomic E-state index is 11.6. The average molecular weight is 294 g/mol. The third-order valence-electron chi connectivity index (χ3n) is 3.66. The number of hydrogen-bond donors (Lipinski definition) is 2. The second kappa shape index (κ2) is 6.88. The smallest absolute Gasteiger partial charge is 0.338 e. The molecule has 0 radical (unpaired) electrons. The number of rotatable bonds is 5. The summed E-state index contributed by atoms with van der Waals surface area (Å²) in [4.78, 5) is 11.6. The second-order valence-corrected chi connectivity index (χ2v) is 6.06. The first-order chi connectivity index (χ1) is 9.65. The predicted molar refractivity (Wildman–Crippen MR) is 85.4 cm³/mol. The van der Waals surface area contributed by atoms with E-state index in [1.165, 1.54) is 19.3 Å². The minimum Gasteiger partial charge on any atom is -0.462 e. The lowest BCUT2D eigenvalue weighted by Crippen LogP contribution is -2.26. The fourth-order valence-corrected chi connectivity index (χ4v) is 3.54. The minimum absolute atomic E-state index is 0.325. The lowest BCUT2D eigenvalue weighted by Gasteiger charge is -2.21. The van der Waals surface area contributed by atoms with Gasteiger partial charge < -0.3 is 15.8 Å². The van der Waals surface area contributed by atoms with Crippen molar-refractivity contribution < 1.29 is 9.53 Å². The van der Waals surface area contributed by atoms with Crippen molar-refractivity contribution >= 4 is 29.1 Å². The summed E-state index contributed by atoms with van der Waals surface area (Å²) in [5.74, 6) is -0.325. The van der Waals surface area contributed by atoms with Gasteiger partial charge in [-0.2, -0.15) is 11.8 Å². The summed E-state index contributed by atoms with van der Waals surface area (Å²) in [5.41, 5.74) is 8.05. The van der Waals surface area contributed by atoms with Gasteiger partial charge in [-0.05, 0) is 44.2 Å². The van der Waals surface area contributed by atoms with Crippen LogP contribution in [0, 0.1) is 0 Å². The van der Waals surface area contributed by atoms with Crippen molar-refractivity contribution in [2.75, 3.05) is 23.9 Å². The van der Waals surface area contributed by atoms with Gasteiger partial charge in [0, 0.05) is 11.3 Å². The molecule has 0 aliphatic heterocycles. The summed E-state index contributed by atoms with van der Waals surface area (Å²) in [6, 6.07) is 5.78. The molecule has 2 unspecified atom stereocenters. The third kappa shape index (κ3) is 3.39. The molecule has 1 fully saturated rings. The molecule has 1 aromatic rings. The molecule has 0 bridgehead atoms. The van der Waals surface area contributed by atoms with Crippen LogP contribution in [0.25, 0.3) is 0 Å². The second-order valence-electron chi connectivity index (χ2n) is 4.98. The molecule has 4 nitrogen and oxygen atoms in total. The number of nitrogen functional groups attached to an aromatic ring is 1. The Kier molecular flexibility index (Phi) is 5.17. The van der Waals surface area contributed by atoms with Gasteiger partial charge in [-0.3, -0.25) is 0 Å². The predicted octanol–water partition coefficient (Wildman–Crippen LogP) is 3.14. The van der Waals surface area contributed by atoms with Gasteiger partial charge in [-0.25, -0.2) is 4.79 Å². The summed E-state index contributed by atoms with van der Waals surface area (Å²) >= 11 is 1.90. The molecule has 0 amide bonds. The van der Waals surface area contributed by atoms with E-state index in [-0.39, 0.29) is 5.97 Å². The Bertz CT molecular complexity index is 479. The van der Waals surface area contributed by atoms with Crippen LogP contribution in [0.3, 0.4) is 0 Å². The van der Waals surface area contributed by atoms with E-state index in [0.717, 1.165) is 5.69 Å². The van der Waals surface area contributed by atoms with Gasteiger partial charge in [0.15, 0.2) is 0 Å².